The molecule has 0 bridgehead atoms. The number of rotatable bonds is 6. The second-order valence-corrected chi connectivity index (χ2v) is 10.3. The van der Waals surface area contributed by atoms with Crippen molar-refractivity contribution in [2.24, 2.45) is 5.92 Å². The van der Waals surface area contributed by atoms with Gasteiger partial charge in [0.25, 0.3) is 10.0 Å². The minimum Gasteiger partial charge on any atom is -0.355 e. The van der Waals surface area contributed by atoms with Crippen LogP contribution >= 0.6 is 11.3 Å². The van der Waals surface area contributed by atoms with E-state index in [0.29, 0.717) is 30.1 Å². The van der Waals surface area contributed by atoms with Gasteiger partial charge in [0.05, 0.1) is 0 Å². The third-order valence-corrected chi connectivity index (χ3v) is 8.38. The minimum atomic E-state index is -3.45. The monoisotopic (exact) mass is 441 g/mol. The number of para-hydroxylation sites is 1. The van der Waals surface area contributed by atoms with Crippen molar-refractivity contribution in [2.75, 3.05) is 23.7 Å². The van der Waals surface area contributed by atoms with Crippen molar-refractivity contribution in [3.05, 3.63) is 72.1 Å². The summed E-state index contributed by atoms with van der Waals surface area (Å²) in [6.07, 6.45) is 1.02. The van der Waals surface area contributed by atoms with Crippen molar-refractivity contribution in [2.45, 2.75) is 17.1 Å². The van der Waals surface area contributed by atoms with E-state index in [1.54, 1.807) is 17.5 Å². The van der Waals surface area contributed by atoms with Crippen LogP contribution in [-0.2, 0) is 14.8 Å². The Hall–Kier alpha value is -2.68. The van der Waals surface area contributed by atoms with Crippen molar-refractivity contribution in [1.82, 2.24) is 4.31 Å². The second-order valence-electron chi connectivity index (χ2n) is 7.17. The van der Waals surface area contributed by atoms with Crippen LogP contribution in [0.15, 0.2) is 76.3 Å². The van der Waals surface area contributed by atoms with Gasteiger partial charge in [0.2, 0.25) is 5.91 Å². The Morgan fingerprint density at radius 1 is 0.900 bits per heavy atom. The summed E-state index contributed by atoms with van der Waals surface area (Å²) in [6.45, 7) is 0.710. The molecule has 3 aromatic rings. The number of amides is 1. The molecule has 1 aromatic heterocycles. The summed E-state index contributed by atoms with van der Waals surface area (Å²) in [5.74, 6) is -0.273. The first-order chi connectivity index (χ1) is 14.5. The zero-order valence-electron chi connectivity index (χ0n) is 16.3. The number of carbonyl (C=O) groups excluding carboxylic acids is 1. The molecule has 1 saturated heterocycles. The number of nitrogens with one attached hydrogen (secondary N) is 2. The number of carbonyl (C=O) groups is 1. The normalized spacial score (nSPS) is 15.6. The molecule has 156 valence electrons. The van der Waals surface area contributed by atoms with E-state index < -0.39 is 10.0 Å². The van der Waals surface area contributed by atoms with E-state index in [4.69, 9.17) is 0 Å². The molecule has 8 heteroatoms. The zero-order valence-corrected chi connectivity index (χ0v) is 18.0. The fraction of sp³-hybridized carbons (Fsp3) is 0.227. The highest BCUT2D eigenvalue weighted by molar-refractivity contribution is 7.91. The molecule has 1 fully saturated rings. The van der Waals surface area contributed by atoms with Crippen LogP contribution in [0.25, 0.3) is 0 Å². The molecule has 1 amide bonds. The first-order valence-corrected chi connectivity index (χ1v) is 12.1. The highest BCUT2D eigenvalue weighted by Gasteiger charge is 2.32. The topological polar surface area (TPSA) is 78.5 Å². The lowest BCUT2D eigenvalue weighted by Crippen LogP contribution is -2.41. The number of hydrogen-bond donors (Lipinski definition) is 2. The number of thiophene rings is 1. The minimum absolute atomic E-state index is 0.0694. The largest absolute Gasteiger partial charge is 0.355 e. The predicted octanol–water partition coefficient (Wildman–Crippen LogP) is 4.53. The lowest BCUT2D eigenvalue weighted by Gasteiger charge is -2.30. The van der Waals surface area contributed by atoms with E-state index in [9.17, 15) is 13.2 Å². The van der Waals surface area contributed by atoms with Crippen LogP contribution < -0.4 is 10.6 Å². The van der Waals surface area contributed by atoms with E-state index in [2.05, 4.69) is 10.6 Å². The van der Waals surface area contributed by atoms with Gasteiger partial charge in [-0.15, -0.1) is 11.3 Å². The lowest BCUT2D eigenvalue weighted by molar-refractivity contribution is -0.120. The average molecular weight is 442 g/mol. The Labute approximate surface area is 180 Å². The molecular weight excluding hydrogens is 418 g/mol. The van der Waals surface area contributed by atoms with Gasteiger partial charge in [-0.05, 0) is 54.6 Å². The van der Waals surface area contributed by atoms with Crippen molar-refractivity contribution >= 4 is 44.3 Å². The molecule has 2 heterocycles. The maximum Gasteiger partial charge on any atom is 0.252 e. The van der Waals surface area contributed by atoms with Crippen molar-refractivity contribution in [3.63, 3.8) is 0 Å². The summed E-state index contributed by atoms with van der Waals surface area (Å²) >= 11 is 1.22. The Morgan fingerprint density at radius 2 is 1.60 bits per heavy atom. The van der Waals surface area contributed by atoms with Gasteiger partial charge in [-0.25, -0.2) is 8.42 Å². The number of benzene rings is 2. The predicted molar refractivity (Wildman–Crippen MR) is 121 cm³/mol. The third-order valence-electron chi connectivity index (χ3n) is 5.11. The highest BCUT2D eigenvalue weighted by Crippen LogP contribution is 2.27. The van der Waals surface area contributed by atoms with Gasteiger partial charge in [-0.1, -0.05) is 30.3 Å². The molecule has 2 N–H and O–H groups in total. The van der Waals surface area contributed by atoms with E-state index in [1.165, 1.54) is 15.6 Å². The number of piperidine rings is 1. The molecule has 0 aliphatic carbocycles. The van der Waals surface area contributed by atoms with Gasteiger partial charge in [0.15, 0.2) is 0 Å². The van der Waals surface area contributed by atoms with Gasteiger partial charge < -0.3 is 10.6 Å². The Balaban J connectivity index is 1.35. The molecule has 0 radical (unpaired) electrons. The second kappa shape index (κ2) is 8.99. The molecule has 1 aliphatic heterocycles. The Morgan fingerprint density at radius 3 is 2.30 bits per heavy atom. The molecule has 1 aliphatic rings. The van der Waals surface area contributed by atoms with Crippen LogP contribution in [0.3, 0.4) is 0 Å². The summed E-state index contributed by atoms with van der Waals surface area (Å²) in [6, 6.07) is 20.7. The summed E-state index contributed by atoms with van der Waals surface area (Å²) in [7, 11) is -3.45. The zero-order chi connectivity index (χ0) is 21.0. The van der Waals surface area contributed by atoms with Crippen LogP contribution in [0.4, 0.5) is 17.1 Å². The number of nitrogens with zero attached hydrogens (tertiary/aromatic N) is 1. The Kier molecular flexibility index (Phi) is 6.17. The highest BCUT2D eigenvalue weighted by atomic mass is 32.2. The fourth-order valence-corrected chi connectivity index (χ4v) is 6.12. The first kappa shape index (κ1) is 20.6. The van der Waals surface area contributed by atoms with Crippen LogP contribution in [0.2, 0.25) is 0 Å². The average Bonchev–Trinajstić information content (AvgIpc) is 3.31. The maximum absolute atomic E-state index is 12.7. The molecular formula is C22H23N3O3S2. The summed E-state index contributed by atoms with van der Waals surface area (Å²) in [5.41, 5.74) is 2.57. The van der Waals surface area contributed by atoms with Crippen LogP contribution in [-0.4, -0.2) is 31.7 Å². The number of anilines is 3. The van der Waals surface area contributed by atoms with Gasteiger partial charge in [-0.2, -0.15) is 4.31 Å². The smallest absolute Gasteiger partial charge is 0.252 e. The summed E-state index contributed by atoms with van der Waals surface area (Å²) in [4.78, 5) is 12.7. The molecule has 2 aromatic carbocycles. The van der Waals surface area contributed by atoms with E-state index >= 15 is 0 Å². The number of hydrogen-bond acceptors (Lipinski definition) is 5. The maximum atomic E-state index is 12.7. The Bertz CT molecular complexity index is 1090. The van der Waals surface area contributed by atoms with Crippen LogP contribution in [0.1, 0.15) is 12.8 Å². The van der Waals surface area contributed by atoms with E-state index in [-0.39, 0.29) is 11.8 Å². The molecule has 30 heavy (non-hydrogen) atoms. The van der Waals surface area contributed by atoms with E-state index in [0.717, 1.165) is 17.1 Å². The van der Waals surface area contributed by atoms with Gasteiger partial charge in [0.1, 0.15) is 4.21 Å². The van der Waals surface area contributed by atoms with Crippen LogP contribution in [0, 0.1) is 5.92 Å². The SMILES string of the molecule is O=C(Nc1cccc(Nc2ccccc2)c1)C1CCN(S(=O)(=O)c2cccs2)CC1. The van der Waals surface area contributed by atoms with Crippen molar-refractivity contribution in [3.8, 4) is 0 Å². The van der Waals surface area contributed by atoms with Crippen LogP contribution in [0.5, 0.6) is 0 Å². The third kappa shape index (κ3) is 4.72. The van der Waals surface area contributed by atoms with Gasteiger partial charge >= 0.3 is 0 Å². The molecule has 0 unspecified atom stereocenters. The molecule has 4 rings (SSSR count). The summed E-state index contributed by atoms with van der Waals surface area (Å²) in [5, 5.41) is 8.04. The fourth-order valence-electron chi connectivity index (χ4n) is 3.50. The van der Waals surface area contributed by atoms with Crippen molar-refractivity contribution < 1.29 is 13.2 Å². The number of sulfonamides is 1. The van der Waals surface area contributed by atoms with E-state index in [1.807, 2.05) is 54.6 Å². The molecule has 0 atom stereocenters. The van der Waals surface area contributed by atoms with Gasteiger partial charge in [-0.3, -0.25) is 4.79 Å². The quantitative estimate of drug-likeness (QED) is 0.589. The molecule has 6 nitrogen and oxygen atoms in total. The van der Waals surface area contributed by atoms with Crippen molar-refractivity contribution in [1.29, 1.82) is 0 Å². The molecule has 0 saturated carbocycles. The first-order valence-electron chi connectivity index (χ1n) is 9.79. The summed E-state index contributed by atoms with van der Waals surface area (Å²) < 4.78 is 27.1. The lowest BCUT2D eigenvalue weighted by atomic mass is 9.97. The van der Waals surface area contributed by atoms with Gasteiger partial charge in [0, 0.05) is 36.1 Å². The molecule has 0 spiro atoms. The standard InChI is InChI=1S/C22H23N3O3S2/c26-22(17-11-13-25(14-12-17)30(27,28)21-10-5-15-29-21)24-20-9-4-8-19(16-20)23-18-6-2-1-3-7-18/h1-10,15-17,23H,11-14H2,(H,24,26).